The van der Waals surface area contributed by atoms with Gasteiger partial charge in [0, 0.05) is 0 Å². The zero-order valence-electron chi connectivity index (χ0n) is 16.8. The van der Waals surface area contributed by atoms with E-state index in [9.17, 15) is 0 Å². The summed E-state index contributed by atoms with van der Waals surface area (Å²) in [4.78, 5) is 0. The Bertz CT molecular complexity index is 470. The van der Waals surface area contributed by atoms with Crippen LogP contribution in [0.15, 0.2) is 42.0 Å². The van der Waals surface area contributed by atoms with Crippen LogP contribution in [0.1, 0.15) is 96.5 Å². The Morgan fingerprint density at radius 1 is 0.920 bits per heavy atom. The van der Waals surface area contributed by atoms with Crippen LogP contribution in [0.5, 0.6) is 0 Å². The lowest BCUT2D eigenvalue weighted by Crippen LogP contribution is -2.12. The van der Waals surface area contributed by atoms with Gasteiger partial charge in [-0.3, -0.25) is 0 Å². The van der Waals surface area contributed by atoms with E-state index >= 15 is 0 Å². The molecule has 0 aromatic heterocycles. The van der Waals surface area contributed by atoms with Crippen LogP contribution >= 0.6 is 0 Å². The third kappa shape index (κ3) is 7.80. The molecule has 0 heteroatoms. The molecule has 1 aromatic carbocycles. The maximum Gasteiger partial charge on any atom is -0.0203 e. The number of rotatable bonds is 12. The van der Waals surface area contributed by atoms with Gasteiger partial charge in [0.2, 0.25) is 0 Å². The van der Waals surface area contributed by atoms with Gasteiger partial charge in [0.1, 0.15) is 0 Å². The summed E-state index contributed by atoms with van der Waals surface area (Å²) in [6.45, 7) is 4.66. The van der Waals surface area contributed by atoms with E-state index < -0.39 is 0 Å². The molecule has 2 atom stereocenters. The largest absolute Gasteiger partial charge is 0.0848 e. The van der Waals surface area contributed by atoms with E-state index in [1.54, 1.807) is 5.57 Å². The summed E-state index contributed by atoms with van der Waals surface area (Å²) in [5.74, 6) is 1.84. The smallest absolute Gasteiger partial charge is 0.0203 e. The molecule has 1 aliphatic rings. The maximum absolute atomic E-state index is 2.65. The summed E-state index contributed by atoms with van der Waals surface area (Å²) in [5.41, 5.74) is 3.31. The van der Waals surface area contributed by atoms with Crippen molar-refractivity contribution < 1.29 is 0 Å². The van der Waals surface area contributed by atoms with E-state index in [2.05, 4.69) is 50.3 Å². The predicted octanol–water partition coefficient (Wildman–Crippen LogP) is 8.12. The van der Waals surface area contributed by atoms with Gasteiger partial charge >= 0.3 is 0 Å². The molecule has 0 bridgehead atoms. The standard InChI is InChI=1S/C25H40/c1-3-5-6-8-15-23-18-20-25(21-19-23)24(12-4-2)17-11-16-22-13-9-7-10-14-22/h7,9-10,13-14,20,23-24H,3-6,8,11-12,15-19,21H2,1-2H3. The second kappa shape index (κ2) is 12.3. The van der Waals surface area contributed by atoms with E-state index in [0.717, 1.165) is 11.8 Å². The summed E-state index contributed by atoms with van der Waals surface area (Å²) >= 11 is 0. The highest BCUT2D eigenvalue weighted by atomic mass is 14.3. The normalized spacial score (nSPS) is 18.8. The van der Waals surface area contributed by atoms with Crippen LogP contribution in [0, 0.1) is 11.8 Å². The van der Waals surface area contributed by atoms with Gasteiger partial charge in [-0.1, -0.05) is 94.4 Å². The Kier molecular flexibility index (Phi) is 10.0. The maximum atomic E-state index is 2.65. The quantitative estimate of drug-likeness (QED) is 0.266. The topological polar surface area (TPSA) is 0 Å². The van der Waals surface area contributed by atoms with Crippen LogP contribution in [0.3, 0.4) is 0 Å². The molecular formula is C25H40. The highest BCUT2D eigenvalue weighted by Gasteiger charge is 2.19. The summed E-state index contributed by atoms with van der Waals surface area (Å²) in [6.07, 6.45) is 20.7. The highest BCUT2D eigenvalue weighted by Crippen LogP contribution is 2.35. The van der Waals surface area contributed by atoms with Crippen molar-refractivity contribution in [1.29, 1.82) is 0 Å². The van der Waals surface area contributed by atoms with E-state index in [1.807, 2.05) is 0 Å². The molecule has 0 nitrogen and oxygen atoms in total. The van der Waals surface area contributed by atoms with E-state index in [4.69, 9.17) is 0 Å². The van der Waals surface area contributed by atoms with Crippen molar-refractivity contribution >= 4 is 0 Å². The summed E-state index contributed by atoms with van der Waals surface area (Å²) in [6, 6.07) is 11.0. The molecule has 0 amide bonds. The minimum absolute atomic E-state index is 0.856. The minimum Gasteiger partial charge on any atom is -0.0848 e. The highest BCUT2D eigenvalue weighted by molar-refractivity contribution is 5.15. The molecule has 2 rings (SSSR count). The lowest BCUT2D eigenvalue weighted by Gasteiger charge is -2.27. The monoisotopic (exact) mass is 340 g/mol. The Labute approximate surface area is 157 Å². The first-order valence-electron chi connectivity index (χ1n) is 11.1. The van der Waals surface area contributed by atoms with Crippen molar-refractivity contribution in [3.8, 4) is 0 Å². The summed E-state index contributed by atoms with van der Waals surface area (Å²) in [7, 11) is 0. The van der Waals surface area contributed by atoms with Gasteiger partial charge in [-0.2, -0.15) is 0 Å². The Hall–Kier alpha value is -1.04. The Balaban J connectivity index is 1.74. The first-order chi connectivity index (χ1) is 12.3. The lowest BCUT2D eigenvalue weighted by atomic mass is 9.78. The number of unbranched alkanes of at least 4 members (excludes halogenated alkanes) is 3. The summed E-state index contributed by atoms with van der Waals surface area (Å²) < 4.78 is 0. The molecular weight excluding hydrogens is 300 g/mol. The van der Waals surface area contributed by atoms with Crippen molar-refractivity contribution in [2.45, 2.75) is 97.3 Å². The molecule has 0 saturated heterocycles. The molecule has 0 spiro atoms. The predicted molar refractivity (Wildman–Crippen MR) is 112 cm³/mol. The molecule has 2 unspecified atom stereocenters. The third-order valence-electron chi connectivity index (χ3n) is 6.04. The molecule has 0 fully saturated rings. The van der Waals surface area contributed by atoms with Gasteiger partial charge in [0.15, 0.2) is 0 Å². The molecule has 140 valence electrons. The molecule has 0 heterocycles. The molecule has 25 heavy (non-hydrogen) atoms. The number of benzene rings is 1. The van der Waals surface area contributed by atoms with Gasteiger partial charge in [-0.25, -0.2) is 0 Å². The Morgan fingerprint density at radius 2 is 1.76 bits per heavy atom. The number of aryl methyl sites for hydroxylation is 1. The third-order valence-corrected chi connectivity index (χ3v) is 6.04. The molecule has 0 saturated carbocycles. The fourth-order valence-corrected chi connectivity index (χ4v) is 4.46. The number of hydrogen-bond acceptors (Lipinski definition) is 0. The van der Waals surface area contributed by atoms with Crippen molar-refractivity contribution in [2.75, 3.05) is 0 Å². The number of allylic oxidation sites excluding steroid dienone is 2. The summed E-state index contributed by atoms with van der Waals surface area (Å²) in [5, 5.41) is 0. The molecule has 0 aliphatic heterocycles. The van der Waals surface area contributed by atoms with Crippen molar-refractivity contribution in [2.24, 2.45) is 11.8 Å². The van der Waals surface area contributed by atoms with Gasteiger partial charge in [-0.05, 0) is 62.3 Å². The van der Waals surface area contributed by atoms with E-state index in [1.165, 1.54) is 89.0 Å². The average Bonchev–Trinajstić information content (AvgIpc) is 2.66. The first kappa shape index (κ1) is 20.3. The van der Waals surface area contributed by atoms with Gasteiger partial charge in [-0.15, -0.1) is 0 Å². The first-order valence-corrected chi connectivity index (χ1v) is 11.1. The molecule has 1 aromatic rings. The molecule has 1 aliphatic carbocycles. The fourth-order valence-electron chi connectivity index (χ4n) is 4.46. The second-order valence-electron chi connectivity index (χ2n) is 8.13. The van der Waals surface area contributed by atoms with Crippen LogP contribution in [-0.4, -0.2) is 0 Å². The average molecular weight is 341 g/mol. The van der Waals surface area contributed by atoms with Gasteiger partial charge in [0.25, 0.3) is 0 Å². The SMILES string of the molecule is CCCCCCC1CC=C(C(CCC)CCCc2ccccc2)CC1. The van der Waals surface area contributed by atoms with Crippen LogP contribution in [0.2, 0.25) is 0 Å². The Morgan fingerprint density at radius 3 is 2.44 bits per heavy atom. The lowest BCUT2D eigenvalue weighted by molar-refractivity contribution is 0.385. The van der Waals surface area contributed by atoms with Crippen LogP contribution in [0.4, 0.5) is 0 Å². The van der Waals surface area contributed by atoms with Crippen LogP contribution in [-0.2, 0) is 6.42 Å². The van der Waals surface area contributed by atoms with Gasteiger partial charge in [0.05, 0.1) is 0 Å². The van der Waals surface area contributed by atoms with Gasteiger partial charge < -0.3 is 0 Å². The van der Waals surface area contributed by atoms with Crippen LogP contribution in [0.25, 0.3) is 0 Å². The van der Waals surface area contributed by atoms with Crippen molar-refractivity contribution in [3.05, 3.63) is 47.5 Å². The van der Waals surface area contributed by atoms with Crippen molar-refractivity contribution in [3.63, 3.8) is 0 Å². The molecule has 0 radical (unpaired) electrons. The van der Waals surface area contributed by atoms with Crippen LogP contribution < -0.4 is 0 Å². The zero-order chi connectivity index (χ0) is 17.7. The minimum atomic E-state index is 0.856. The van der Waals surface area contributed by atoms with Crippen molar-refractivity contribution in [1.82, 2.24) is 0 Å². The second-order valence-corrected chi connectivity index (χ2v) is 8.13. The van der Waals surface area contributed by atoms with E-state index in [0.29, 0.717) is 0 Å². The van der Waals surface area contributed by atoms with E-state index in [-0.39, 0.29) is 0 Å². The zero-order valence-corrected chi connectivity index (χ0v) is 16.8. The fraction of sp³-hybridized carbons (Fsp3) is 0.680. The molecule has 0 N–H and O–H groups in total. The number of hydrogen-bond donors (Lipinski definition) is 0.